The van der Waals surface area contributed by atoms with E-state index in [1.54, 1.807) is 19.1 Å². The Bertz CT molecular complexity index is 980. The van der Waals surface area contributed by atoms with Gasteiger partial charge in [-0.3, -0.25) is 0 Å². The lowest BCUT2D eigenvalue weighted by Gasteiger charge is -2.48. The summed E-state index contributed by atoms with van der Waals surface area (Å²) in [6, 6.07) is 1.48. The second kappa shape index (κ2) is 10.7. The summed E-state index contributed by atoms with van der Waals surface area (Å²) in [4.78, 5) is 27.0. The Morgan fingerprint density at radius 3 is 2.46 bits per heavy atom. The lowest BCUT2D eigenvalue weighted by Crippen LogP contribution is -2.76. The first-order chi connectivity index (χ1) is 17.2. The second-order valence-electron chi connectivity index (χ2n) is 10.3. The summed E-state index contributed by atoms with van der Waals surface area (Å²) in [6.07, 6.45) is -1.43. The number of aliphatic hydroxyl groups excluding tert-OH is 1. The number of ether oxygens (including phenoxy) is 1. The number of hydrazine groups is 1. The molecular formula is C24H40N6O7. The fourth-order valence-electron chi connectivity index (χ4n) is 5.40. The van der Waals surface area contributed by atoms with E-state index in [1.807, 2.05) is 5.01 Å². The first-order valence-electron chi connectivity index (χ1n) is 12.3. The number of nitrogens with zero attached hydrogens (tertiary/aromatic N) is 2. The number of urea groups is 1. The minimum absolute atomic E-state index is 0.0812. The molecule has 1 aliphatic heterocycles. The number of piperazine rings is 1. The predicted octanol–water partition coefficient (Wildman–Crippen LogP) is -2.15. The van der Waals surface area contributed by atoms with Gasteiger partial charge in [-0.25, -0.2) is 20.0 Å². The Morgan fingerprint density at radius 1 is 1.30 bits per heavy atom. The Kier molecular flexibility index (Phi) is 8.39. The van der Waals surface area contributed by atoms with Crippen LogP contribution in [0.2, 0.25) is 0 Å². The lowest BCUT2D eigenvalue weighted by molar-refractivity contribution is -0.192. The van der Waals surface area contributed by atoms with E-state index in [-0.39, 0.29) is 11.3 Å². The summed E-state index contributed by atoms with van der Waals surface area (Å²) in [6.45, 7) is 5.87. The number of aromatic hydroxyl groups is 1. The van der Waals surface area contributed by atoms with Crippen LogP contribution in [-0.4, -0.2) is 124 Å². The van der Waals surface area contributed by atoms with E-state index in [1.165, 1.54) is 38.9 Å². The van der Waals surface area contributed by atoms with Crippen LogP contribution in [0.25, 0.3) is 0 Å². The first-order valence-corrected chi connectivity index (χ1v) is 12.3. The van der Waals surface area contributed by atoms with E-state index in [0.29, 0.717) is 31.7 Å². The van der Waals surface area contributed by atoms with Crippen molar-refractivity contribution in [3.8, 4) is 5.75 Å². The molecule has 37 heavy (non-hydrogen) atoms. The number of carbonyl (C=O) groups is 2. The maximum Gasteiger partial charge on any atom is 0.342 e. The molecule has 1 aromatic carbocycles. The fraction of sp³-hybridized carbons (Fsp3) is 0.667. The van der Waals surface area contributed by atoms with E-state index < -0.39 is 53.5 Å². The number of carbonyl (C=O) groups excluding carboxylic acids is 2. The van der Waals surface area contributed by atoms with Crippen molar-refractivity contribution in [3.05, 3.63) is 29.3 Å². The molecule has 0 unspecified atom stereocenters. The van der Waals surface area contributed by atoms with E-state index in [0.717, 1.165) is 0 Å². The largest absolute Gasteiger partial charge is 0.507 e. The molecule has 2 amide bonds. The van der Waals surface area contributed by atoms with Crippen LogP contribution in [0.5, 0.6) is 5.75 Å². The molecule has 0 spiro atoms. The predicted molar refractivity (Wildman–Crippen MR) is 135 cm³/mol. The SMILES string of the molecule is Cc1cccc(O)c1C(=O)OC[C@@]1(O)[C@@H](NN2CCNCC2)[C@H](N)[C@@](NC(=O)N(C)C)([C@H](C)O)[C@@]1(C)O. The van der Waals surface area contributed by atoms with Gasteiger partial charge in [0, 0.05) is 40.3 Å². The quantitative estimate of drug-likeness (QED) is 0.181. The van der Waals surface area contributed by atoms with E-state index in [4.69, 9.17) is 10.5 Å². The number of esters is 1. The highest BCUT2D eigenvalue weighted by molar-refractivity contribution is 5.94. The zero-order valence-corrected chi connectivity index (χ0v) is 22.0. The normalized spacial score (nSPS) is 33.1. The van der Waals surface area contributed by atoms with E-state index in [2.05, 4.69) is 16.1 Å². The van der Waals surface area contributed by atoms with Crippen LogP contribution in [0.1, 0.15) is 29.8 Å². The Labute approximate surface area is 216 Å². The maximum atomic E-state index is 13.0. The molecule has 9 N–H and O–H groups in total. The Hall–Kier alpha value is -2.52. The molecule has 1 saturated carbocycles. The molecule has 1 heterocycles. The topological polar surface area (TPSA) is 193 Å². The monoisotopic (exact) mass is 524 g/mol. The Balaban J connectivity index is 2.04. The molecule has 0 aromatic heterocycles. The maximum absolute atomic E-state index is 13.0. The molecule has 0 bridgehead atoms. The minimum Gasteiger partial charge on any atom is -0.507 e. The van der Waals surface area contributed by atoms with Crippen LogP contribution in [0.4, 0.5) is 4.79 Å². The van der Waals surface area contributed by atoms with Crippen molar-refractivity contribution >= 4 is 12.0 Å². The van der Waals surface area contributed by atoms with Crippen LogP contribution < -0.4 is 21.8 Å². The van der Waals surface area contributed by atoms with Gasteiger partial charge in [0.1, 0.15) is 34.7 Å². The molecule has 1 aromatic rings. The van der Waals surface area contributed by atoms with Gasteiger partial charge in [-0.15, -0.1) is 0 Å². The number of hydrogen-bond donors (Lipinski definition) is 8. The molecular weight excluding hydrogens is 484 g/mol. The summed E-state index contributed by atoms with van der Waals surface area (Å²) in [5, 5.41) is 52.9. The third-order valence-corrected chi connectivity index (χ3v) is 7.74. The molecule has 208 valence electrons. The number of hydrogen-bond acceptors (Lipinski definition) is 11. The molecule has 6 atom stereocenters. The molecule has 0 radical (unpaired) electrons. The fourth-order valence-corrected chi connectivity index (χ4v) is 5.40. The molecule has 1 saturated heterocycles. The van der Waals surface area contributed by atoms with Crippen molar-refractivity contribution in [2.75, 3.05) is 46.9 Å². The van der Waals surface area contributed by atoms with Gasteiger partial charge < -0.3 is 46.4 Å². The van der Waals surface area contributed by atoms with Crippen LogP contribution in [-0.2, 0) is 4.74 Å². The third-order valence-electron chi connectivity index (χ3n) is 7.74. The highest BCUT2D eigenvalue weighted by atomic mass is 16.5. The van der Waals surface area contributed by atoms with Gasteiger partial charge in [-0.1, -0.05) is 12.1 Å². The summed E-state index contributed by atoms with van der Waals surface area (Å²) in [7, 11) is 2.97. The molecule has 2 aliphatic rings. The molecule has 13 nitrogen and oxygen atoms in total. The van der Waals surface area contributed by atoms with Crippen LogP contribution in [0.3, 0.4) is 0 Å². The number of amides is 2. The van der Waals surface area contributed by atoms with Crippen molar-refractivity contribution in [1.82, 2.24) is 26.0 Å². The van der Waals surface area contributed by atoms with Crippen LogP contribution in [0, 0.1) is 6.92 Å². The van der Waals surface area contributed by atoms with Gasteiger partial charge in [-0.2, -0.15) is 0 Å². The highest BCUT2D eigenvalue weighted by Gasteiger charge is 2.76. The summed E-state index contributed by atoms with van der Waals surface area (Å²) in [5.41, 5.74) is 3.62. The highest BCUT2D eigenvalue weighted by Crippen LogP contribution is 2.48. The van der Waals surface area contributed by atoms with Gasteiger partial charge in [0.15, 0.2) is 0 Å². The van der Waals surface area contributed by atoms with Crippen LogP contribution >= 0.6 is 0 Å². The zero-order valence-electron chi connectivity index (χ0n) is 22.0. The van der Waals surface area contributed by atoms with Crippen molar-refractivity contribution in [2.45, 2.75) is 55.7 Å². The van der Waals surface area contributed by atoms with Gasteiger partial charge in [-0.05, 0) is 32.4 Å². The second-order valence-corrected chi connectivity index (χ2v) is 10.3. The number of nitrogens with two attached hydrogens (primary N) is 1. The molecule has 13 heteroatoms. The minimum atomic E-state index is -2.31. The van der Waals surface area contributed by atoms with Crippen molar-refractivity contribution in [1.29, 1.82) is 0 Å². The molecule has 1 aliphatic carbocycles. The van der Waals surface area contributed by atoms with E-state index >= 15 is 0 Å². The zero-order chi connectivity index (χ0) is 27.8. The van der Waals surface area contributed by atoms with Gasteiger partial charge in [0.05, 0.1) is 18.2 Å². The van der Waals surface area contributed by atoms with Crippen molar-refractivity contribution < 1.29 is 34.8 Å². The van der Waals surface area contributed by atoms with Gasteiger partial charge in [0.25, 0.3) is 0 Å². The number of phenolic OH excluding ortho intramolecular Hbond substituents is 1. The van der Waals surface area contributed by atoms with Crippen LogP contribution in [0.15, 0.2) is 18.2 Å². The first kappa shape index (κ1) is 29.0. The van der Waals surface area contributed by atoms with Crippen molar-refractivity contribution in [2.24, 2.45) is 5.73 Å². The lowest BCUT2D eigenvalue weighted by atomic mass is 9.73. The van der Waals surface area contributed by atoms with Gasteiger partial charge in [0.2, 0.25) is 0 Å². The number of rotatable bonds is 7. The summed E-state index contributed by atoms with van der Waals surface area (Å²) >= 11 is 0. The van der Waals surface area contributed by atoms with Gasteiger partial charge >= 0.3 is 12.0 Å². The average Bonchev–Trinajstić information content (AvgIpc) is 2.94. The Morgan fingerprint density at radius 2 is 1.92 bits per heavy atom. The number of benzene rings is 1. The number of phenols is 1. The number of aryl methyl sites for hydroxylation is 1. The number of aliphatic hydroxyl groups is 3. The van der Waals surface area contributed by atoms with Crippen molar-refractivity contribution in [3.63, 3.8) is 0 Å². The van der Waals surface area contributed by atoms with E-state index in [9.17, 15) is 30.0 Å². The average molecular weight is 525 g/mol. The number of nitrogens with one attached hydrogen (secondary N) is 3. The smallest absolute Gasteiger partial charge is 0.342 e. The molecule has 2 fully saturated rings. The molecule has 3 rings (SSSR count). The third kappa shape index (κ3) is 4.88. The standard InChI is InChI=1S/C24H40N6O7/c1-14-7-6-8-16(32)17(14)20(33)37-13-23(36)19(28-30-11-9-26-10-12-30)18(25)24(15(2)31,22(23,3)35)27-21(34)29(4)5/h6-8,15,18-19,26,28,31-32,35-36H,9-13,25H2,1-5H3,(H,27,34)/t15-,18-,19-,22-,23+,24-/m0/s1. The summed E-state index contributed by atoms with van der Waals surface area (Å²) < 4.78 is 5.47. The summed E-state index contributed by atoms with van der Waals surface area (Å²) in [5.74, 6) is -1.21.